The molecule has 0 saturated carbocycles. The standard InChI is InChI=1S/C12H15ClO2/c1-4-9(2)11-7-10(13)5-6-12(11)15-8-14-3/h4-7,9H,1,8H2,2-3H3. The van der Waals surface area contributed by atoms with Crippen LogP contribution in [0.5, 0.6) is 5.75 Å². The SMILES string of the molecule is C=CC(C)c1cc(Cl)ccc1OCOC. The van der Waals surface area contributed by atoms with E-state index >= 15 is 0 Å². The smallest absolute Gasteiger partial charge is 0.188 e. The van der Waals surface area contributed by atoms with Gasteiger partial charge in [0.1, 0.15) is 5.75 Å². The van der Waals surface area contributed by atoms with E-state index in [0.717, 1.165) is 11.3 Å². The van der Waals surface area contributed by atoms with Gasteiger partial charge in [0, 0.05) is 23.6 Å². The van der Waals surface area contributed by atoms with E-state index in [0.29, 0.717) is 5.02 Å². The molecule has 2 nitrogen and oxygen atoms in total. The molecule has 0 heterocycles. The molecule has 15 heavy (non-hydrogen) atoms. The van der Waals surface area contributed by atoms with Crippen LogP contribution in [-0.2, 0) is 4.74 Å². The maximum absolute atomic E-state index is 5.93. The fourth-order valence-electron chi connectivity index (χ4n) is 1.26. The van der Waals surface area contributed by atoms with Crippen LogP contribution in [0.2, 0.25) is 5.02 Å². The van der Waals surface area contributed by atoms with Crippen molar-refractivity contribution in [2.24, 2.45) is 0 Å². The Kier molecular flexibility index (Phi) is 4.66. The summed E-state index contributed by atoms with van der Waals surface area (Å²) in [5.41, 5.74) is 1.02. The molecule has 1 unspecified atom stereocenters. The van der Waals surface area contributed by atoms with E-state index in [-0.39, 0.29) is 12.7 Å². The molecule has 0 aliphatic rings. The van der Waals surface area contributed by atoms with Gasteiger partial charge in [-0.25, -0.2) is 0 Å². The number of benzene rings is 1. The minimum atomic E-state index is 0.204. The second kappa shape index (κ2) is 5.79. The first-order valence-electron chi connectivity index (χ1n) is 4.72. The number of methoxy groups -OCH3 is 1. The number of hydrogen-bond donors (Lipinski definition) is 0. The highest BCUT2D eigenvalue weighted by atomic mass is 35.5. The van der Waals surface area contributed by atoms with Crippen LogP contribution in [0.25, 0.3) is 0 Å². The molecule has 82 valence electrons. The van der Waals surface area contributed by atoms with E-state index in [2.05, 4.69) is 6.58 Å². The van der Waals surface area contributed by atoms with Crippen LogP contribution in [0.15, 0.2) is 30.9 Å². The summed E-state index contributed by atoms with van der Waals surface area (Å²) in [6.45, 7) is 6.03. The largest absolute Gasteiger partial charge is 0.467 e. The number of hydrogen-bond acceptors (Lipinski definition) is 2. The molecular weight excluding hydrogens is 212 g/mol. The average molecular weight is 227 g/mol. The topological polar surface area (TPSA) is 18.5 Å². The van der Waals surface area contributed by atoms with Gasteiger partial charge in [0.2, 0.25) is 0 Å². The molecule has 0 fully saturated rings. The molecule has 3 heteroatoms. The molecule has 0 bridgehead atoms. The fraction of sp³-hybridized carbons (Fsp3) is 0.333. The molecule has 0 aliphatic carbocycles. The Morgan fingerprint density at radius 1 is 1.53 bits per heavy atom. The third-order valence-corrected chi connectivity index (χ3v) is 2.38. The Bertz CT molecular complexity index is 336. The number of ether oxygens (including phenoxy) is 2. The lowest BCUT2D eigenvalue weighted by atomic mass is 10.0. The zero-order valence-corrected chi connectivity index (χ0v) is 9.75. The van der Waals surface area contributed by atoms with Crippen molar-refractivity contribution in [3.8, 4) is 5.75 Å². The Morgan fingerprint density at radius 2 is 2.27 bits per heavy atom. The fourth-order valence-corrected chi connectivity index (χ4v) is 1.44. The van der Waals surface area contributed by atoms with Crippen molar-refractivity contribution < 1.29 is 9.47 Å². The molecule has 1 rings (SSSR count). The van der Waals surface area contributed by atoms with Crippen LogP contribution in [-0.4, -0.2) is 13.9 Å². The third kappa shape index (κ3) is 3.26. The summed E-state index contributed by atoms with van der Waals surface area (Å²) < 4.78 is 10.3. The Labute approximate surface area is 95.5 Å². The third-order valence-electron chi connectivity index (χ3n) is 2.15. The summed E-state index contributed by atoms with van der Waals surface area (Å²) in [6.07, 6.45) is 1.85. The van der Waals surface area contributed by atoms with Crippen LogP contribution < -0.4 is 4.74 Å². The zero-order chi connectivity index (χ0) is 11.3. The van der Waals surface area contributed by atoms with Crippen LogP contribution in [0.4, 0.5) is 0 Å². The normalized spacial score (nSPS) is 12.2. The number of allylic oxidation sites excluding steroid dienone is 1. The van der Waals surface area contributed by atoms with Crippen molar-refractivity contribution in [2.75, 3.05) is 13.9 Å². The zero-order valence-electron chi connectivity index (χ0n) is 9.00. The molecule has 0 radical (unpaired) electrons. The van der Waals surface area contributed by atoms with Crippen molar-refractivity contribution in [3.05, 3.63) is 41.4 Å². The van der Waals surface area contributed by atoms with Crippen LogP contribution in [0, 0.1) is 0 Å². The van der Waals surface area contributed by atoms with Gasteiger partial charge in [-0.2, -0.15) is 0 Å². The van der Waals surface area contributed by atoms with Gasteiger partial charge >= 0.3 is 0 Å². The van der Waals surface area contributed by atoms with E-state index < -0.39 is 0 Å². The molecule has 0 amide bonds. The molecule has 1 aromatic rings. The summed E-state index contributed by atoms with van der Waals surface area (Å²) >= 11 is 5.93. The lowest BCUT2D eigenvalue weighted by Crippen LogP contribution is -2.02. The minimum Gasteiger partial charge on any atom is -0.467 e. The van der Waals surface area contributed by atoms with Gasteiger partial charge in [-0.3, -0.25) is 0 Å². The van der Waals surface area contributed by atoms with Crippen molar-refractivity contribution >= 4 is 11.6 Å². The molecular formula is C12H15ClO2. The second-order valence-electron chi connectivity index (χ2n) is 3.26. The molecule has 1 atom stereocenters. The number of halogens is 1. The summed E-state index contributed by atoms with van der Waals surface area (Å²) in [5.74, 6) is 0.990. The van der Waals surface area contributed by atoms with Crippen molar-refractivity contribution in [1.82, 2.24) is 0 Å². The summed E-state index contributed by atoms with van der Waals surface area (Å²) in [7, 11) is 1.59. The highest BCUT2D eigenvalue weighted by molar-refractivity contribution is 6.30. The monoisotopic (exact) mass is 226 g/mol. The van der Waals surface area contributed by atoms with Gasteiger partial charge < -0.3 is 9.47 Å². The first kappa shape index (κ1) is 12.1. The Morgan fingerprint density at radius 3 is 2.87 bits per heavy atom. The van der Waals surface area contributed by atoms with Crippen molar-refractivity contribution in [1.29, 1.82) is 0 Å². The average Bonchev–Trinajstić information content (AvgIpc) is 2.26. The van der Waals surface area contributed by atoms with Crippen LogP contribution in [0.1, 0.15) is 18.4 Å². The second-order valence-corrected chi connectivity index (χ2v) is 3.69. The quantitative estimate of drug-likeness (QED) is 0.564. The van der Waals surface area contributed by atoms with E-state index in [1.54, 1.807) is 13.2 Å². The van der Waals surface area contributed by atoms with Gasteiger partial charge in [0.15, 0.2) is 6.79 Å². The van der Waals surface area contributed by atoms with Gasteiger partial charge in [0.05, 0.1) is 0 Å². The van der Waals surface area contributed by atoms with E-state index in [1.165, 1.54) is 0 Å². The molecule has 0 spiro atoms. The van der Waals surface area contributed by atoms with Gasteiger partial charge in [-0.05, 0) is 18.2 Å². The predicted octanol–water partition coefficient (Wildman–Crippen LogP) is 3.61. The van der Waals surface area contributed by atoms with Crippen LogP contribution in [0.3, 0.4) is 0 Å². The summed E-state index contributed by atoms with van der Waals surface area (Å²) in [4.78, 5) is 0. The molecule has 0 saturated heterocycles. The Hall–Kier alpha value is -0.990. The maximum Gasteiger partial charge on any atom is 0.188 e. The van der Waals surface area contributed by atoms with E-state index in [4.69, 9.17) is 21.1 Å². The van der Waals surface area contributed by atoms with Gasteiger partial charge in [-0.15, -0.1) is 6.58 Å². The first-order valence-corrected chi connectivity index (χ1v) is 5.10. The van der Waals surface area contributed by atoms with E-state index in [9.17, 15) is 0 Å². The lowest BCUT2D eigenvalue weighted by Gasteiger charge is -2.14. The van der Waals surface area contributed by atoms with Gasteiger partial charge in [0.25, 0.3) is 0 Å². The highest BCUT2D eigenvalue weighted by Gasteiger charge is 2.09. The van der Waals surface area contributed by atoms with Crippen molar-refractivity contribution in [2.45, 2.75) is 12.8 Å². The molecule has 0 aliphatic heterocycles. The minimum absolute atomic E-state index is 0.204. The van der Waals surface area contributed by atoms with Crippen molar-refractivity contribution in [3.63, 3.8) is 0 Å². The summed E-state index contributed by atoms with van der Waals surface area (Å²) in [6, 6.07) is 5.53. The maximum atomic E-state index is 5.93. The highest BCUT2D eigenvalue weighted by Crippen LogP contribution is 2.30. The Balaban J connectivity index is 2.97. The molecule has 1 aromatic carbocycles. The van der Waals surface area contributed by atoms with Crippen LogP contribution >= 0.6 is 11.6 Å². The summed E-state index contributed by atoms with van der Waals surface area (Å²) in [5, 5.41) is 0.698. The first-order chi connectivity index (χ1) is 7.19. The lowest BCUT2D eigenvalue weighted by molar-refractivity contribution is 0.0503. The number of rotatable bonds is 5. The van der Waals surface area contributed by atoms with Gasteiger partial charge in [-0.1, -0.05) is 24.6 Å². The van der Waals surface area contributed by atoms with E-state index in [1.807, 2.05) is 25.1 Å². The molecule has 0 N–H and O–H groups in total. The molecule has 0 aromatic heterocycles. The predicted molar refractivity (Wildman–Crippen MR) is 62.6 cm³/mol.